The van der Waals surface area contributed by atoms with Gasteiger partial charge in [0.15, 0.2) is 5.96 Å². The Morgan fingerprint density at radius 1 is 1.50 bits per heavy atom. The standard InChI is InChI=1S/C15H26N4S/c1-6-11(2)19-14(16)18-10-12-7-8-17-13(9-12)20-15(3,4)5/h7-9,11H,6,10H2,1-5H3,(H3,16,18,19). The van der Waals surface area contributed by atoms with Crippen molar-refractivity contribution in [3.05, 3.63) is 23.9 Å². The first kappa shape index (κ1) is 16.8. The van der Waals surface area contributed by atoms with E-state index in [1.165, 1.54) is 0 Å². The number of pyridine rings is 1. The molecule has 112 valence electrons. The average Bonchev–Trinajstić information content (AvgIpc) is 2.34. The first-order valence-corrected chi connectivity index (χ1v) is 7.82. The van der Waals surface area contributed by atoms with Gasteiger partial charge in [-0.1, -0.05) is 27.7 Å². The molecule has 0 aliphatic heterocycles. The number of hydrogen-bond acceptors (Lipinski definition) is 3. The van der Waals surface area contributed by atoms with E-state index in [2.05, 4.69) is 56.0 Å². The van der Waals surface area contributed by atoms with Crippen LogP contribution in [0.15, 0.2) is 28.3 Å². The van der Waals surface area contributed by atoms with Crippen molar-refractivity contribution in [3.8, 4) is 0 Å². The summed E-state index contributed by atoms with van der Waals surface area (Å²) >= 11 is 1.76. The quantitative estimate of drug-likeness (QED) is 0.497. The first-order chi connectivity index (χ1) is 9.30. The number of thioether (sulfide) groups is 1. The van der Waals surface area contributed by atoms with E-state index in [9.17, 15) is 0 Å². The molecule has 0 fully saturated rings. The van der Waals surface area contributed by atoms with Gasteiger partial charge in [-0.05, 0) is 31.0 Å². The van der Waals surface area contributed by atoms with Gasteiger partial charge in [0.2, 0.25) is 0 Å². The zero-order valence-electron chi connectivity index (χ0n) is 13.1. The molecule has 0 aliphatic rings. The maximum absolute atomic E-state index is 5.86. The van der Waals surface area contributed by atoms with Crippen molar-refractivity contribution < 1.29 is 0 Å². The van der Waals surface area contributed by atoms with Gasteiger partial charge >= 0.3 is 0 Å². The highest BCUT2D eigenvalue weighted by atomic mass is 32.2. The molecule has 1 heterocycles. The molecule has 0 spiro atoms. The lowest BCUT2D eigenvalue weighted by Gasteiger charge is -2.16. The first-order valence-electron chi connectivity index (χ1n) is 7.00. The number of nitrogens with two attached hydrogens (primary N) is 1. The number of hydrogen-bond donors (Lipinski definition) is 2. The van der Waals surface area contributed by atoms with E-state index < -0.39 is 0 Å². The summed E-state index contributed by atoms with van der Waals surface area (Å²) in [5.41, 5.74) is 6.98. The van der Waals surface area contributed by atoms with Crippen molar-refractivity contribution in [1.82, 2.24) is 10.3 Å². The molecule has 5 heteroatoms. The van der Waals surface area contributed by atoms with E-state index in [1.807, 2.05) is 12.3 Å². The van der Waals surface area contributed by atoms with Gasteiger partial charge in [-0.3, -0.25) is 0 Å². The highest BCUT2D eigenvalue weighted by molar-refractivity contribution is 8.00. The molecule has 4 nitrogen and oxygen atoms in total. The second kappa shape index (κ2) is 7.53. The maximum Gasteiger partial charge on any atom is 0.189 e. The summed E-state index contributed by atoms with van der Waals surface area (Å²) < 4.78 is 0.159. The van der Waals surface area contributed by atoms with Crippen LogP contribution in [0.2, 0.25) is 0 Å². The smallest absolute Gasteiger partial charge is 0.189 e. The van der Waals surface area contributed by atoms with Crippen LogP contribution in [0.3, 0.4) is 0 Å². The number of nitrogens with zero attached hydrogens (tertiary/aromatic N) is 2. The molecular formula is C15H26N4S. The monoisotopic (exact) mass is 294 g/mol. The summed E-state index contributed by atoms with van der Waals surface area (Å²) in [5, 5.41) is 4.19. The highest BCUT2D eigenvalue weighted by Crippen LogP contribution is 2.30. The minimum atomic E-state index is 0.159. The van der Waals surface area contributed by atoms with Crippen LogP contribution in [0.5, 0.6) is 0 Å². The Labute approximate surface area is 126 Å². The second-order valence-electron chi connectivity index (χ2n) is 5.87. The summed E-state index contributed by atoms with van der Waals surface area (Å²) in [6, 6.07) is 4.41. The van der Waals surface area contributed by atoms with Crippen LogP contribution >= 0.6 is 11.8 Å². The molecule has 0 radical (unpaired) electrons. The number of rotatable bonds is 5. The molecule has 0 aliphatic carbocycles. The third-order valence-electron chi connectivity index (χ3n) is 2.65. The van der Waals surface area contributed by atoms with Crippen LogP contribution in [0.1, 0.15) is 46.6 Å². The topological polar surface area (TPSA) is 63.3 Å². The Morgan fingerprint density at radius 3 is 2.80 bits per heavy atom. The largest absolute Gasteiger partial charge is 0.370 e. The van der Waals surface area contributed by atoms with E-state index >= 15 is 0 Å². The molecule has 0 bridgehead atoms. The van der Waals surface area contributed by atoms with Crippen LogP contribution in [-0.2, 0) is 6.54 Å². The van der Waals surface area contributed by atoms with Crippen molar-refractivity contribution in [2.45, 2.75) is 63.4 Å². The van der Waals surface area contributed by atoms with Gasteiger partial charge in [0.25, 0.3) is 0 Å². The number of aromatic nitrogens is 1. The SMILES string of the molecule is CCC(C)NC(N)=NCc1ccnc(SC(C)(C)C)c1. The van der Waals surface area contributed by atoms with Crippen LogP contribution in [-0.4, -0.2) is 21.7 Å². The van der Waals surface area contributed by atoms with Crippen LogP contribution in [0.4, 0.5) is 0 Å². The molecule has 0 aromatic carbocycles. The molecule has 1 aromatic rings. The zero-order chi connectivity index (χ0) is 15.2. The molecule has 0 saturated heterocycles. The van der Waals surface area contributed by atoms with Crippen LogP contribution in [0, 0.1) is 0 Å². The lowest BCUT2D eigenvalue weighted by atomic mass is 10.2. The molecule has 0 saturated carbocycles. The normalized spacial score (nSPS) is 14.2. The fourth-order valence-corrected chi connectivity index (χ4v) is 2.45. The lowest BCUT2D eigenvalue weighted by Crippen LogP contribution is -2.38. The molecule has 3 N–H and O–H groups in total. The van der Waals surface area contributed by atoms with E-state index in [4.69, 9.17) is 5.73 Å². The Balaban J connectivity index is 2.64. The lowest BCUT2D eigenvalue weighted by molar-refractivity contribution is 0.636. The predicted molar refractivity (Wildman–Crippen MR) is 88.1 cm³/mol. The van der Waals surface area contributed by atoms with Crippen molar-refractivity contribution in [2.24, 2.45) is 10.7 Å². The Hall–Kier alpha value is -1.23. The molecule has 20 heavy (non-hydrogen) atoms. The summed E-state index contributed by atoms with van der Waals surface area (Å²) in [5.74, 6) is 0.501. The molecule has 1 atom stereocenters. The van der Waals surface area contributed by atoms with Gasteiger partial charge in [-0.15, -0.1) is 11.8 Å². The van der Waals surface area contributed by atoms with Gasteiger partial charge in [0, 0.05) is 17.0 Å². The third-order valence-corrected chi connectivity index (χ3v) is 3.69. The van der Waals surface area contributed by atoms with Gasteiger partial charge < -0.3 is 11.1 Å². The number of aliphatic imine (C=N–C) groups is 1. The molecular weight excluding hydrogens is 268 g/mol. The van der Waals surface area contributed by atoms with Crippen LogP contribution < -0.4 is 11.1 Å². The van der Waals surface area contributed by atoms with E-state index in [0.717, 1.165) is 17.0 Å². The summed E-state index contributed by atoms with van der Waals surface area (Å²) in [4.78, 5) is 8.75. The fourth-order valence-electron chi connectivity index (χ4n) is 1.49. The Morgan fingerprint density at radius 2 is 2.20 bits per heavy atom. The second-order valence-corrected chi connectivity index (χ2v) is 7.72. The Kier molecular flexibility index (Phi) is 6.33. The van der Waals surface area contributed by atoms with Crippen LogP contribution in [0.25, 0.3) is 0 Å². The molecule has 1 aromatic heterocycles. The Bertz CT molecular complexity index is 451. The molecule has 1 unspecified atom stereocenters. The summed E-state index contributed by atoms with van der Waals surface area (Å²) in [7, 11) is 0. The molecule has 0 amide bonds. The van der Waals surface area contributed by atoms with E-state index in [0.29, 0.717) is 18.5 Å². The van der Waals surface area contributed by atoms with Crippen molar-refractivity contribution in [1.29, 1.82) is 0 Å². The van der Waals surface area contributed by atoms with Gasteiger partial charge in [0.1, 0.15) is 0 Å². The van der Waals surface area contributed by atoms with Gasteiger partial charge in [-0.25, -0.2) is 9.98 Å². The minimum absolute atomic E-state index is 0.159. The zero-order valence-corrected chi connectivity index (χ0v) is 13.9. The number of nitrogens with one attached hydrogen (secondary N) is 1. The maximum atomic E-state index is 5.86. The van der Waals surface area contributed by atoms with Gasteiger partial charge in [0.05, 0.1) is 11.6 Å². The van der Waals surface area contributed by atoms with E-state index in [1.54, 1.807) is 11.8 Å². The molecule has 1 rings (SSSR count). The van der Waals surface area contributed by atoms with E-state index in [-0.39, 0.29) is 4.75 Å². The fraction of sp³-hybridized carbons (Fsp3) is 0.600. The third kappa shape index (κ3) is 6.80. The summed E-state index contributed by atoms with van der Waals surface area (Å²) in [6.07, 6.45) is 2.86. The van der Waals surface area contributed by atoms with Gasteiger partial charge in [-0.2, -0.15) is 0 Å². The summed E-state index contributed by atoms with van der Waals surface area (Å²) in [6.45, 7) is 11.3. The predicted octanol–water partition coefficient (Wildman–Crippen LogP) is 3.18. The highest BCUT2D eigenvalue weighted by Gasteiger charge is 2.13. The average molecular weight is 294 g/mol. The number of guanidine groups is 1. The van der Waals surface area contributed by atoms with Crippen molar-refractivity contribution in [2.75, 3.05) is 0 Å². The van der Waals surface area contributed by atoms with Crippen molar-refractivity contribution >= 4 is 17.7 Å². The minimum Gasteiger partial charge on any atom is -0.370 e. The van der Waals surface area contributed by atoms with Crippen molar-refractivity contribution in [3.63, 3.8) is 0 Å².